The zero-order valence-corrected chi connectivity index (χ0v) is 6.82. The van der Waals surface area contributed by atoms with Crippen LogP contribution in [-0.2, 0) is 0 Å². The van der Waals surface area contributed by atoms with Crippen molar-refractivity contribution in [2.45, 2.75) is 5.79 Å². The molecule has 0 aliphatic carbocycles. The Morgan fingerprint density at radius 3 is 3.17 bits per heavy atom. The van der Waals surface area contributed by atoms with Gasteiger partial charge in [0.15, 0.2) is 5.84 Å². The van der Waals surface area contributed by atoms with Crippen LogP contribution in [0.1, 0.15) is 0 Å². The van der Waals surface area contributed by atoms with Crippen LogP contribution in [0.3, 0.4) is 0 Å². The highest BCUT2D eigenvalue weighted by Gasteiger charge is 2.26. The molecule has 2 aliphatic heterocycles. The monoisotopic (exact) mass is 179 g/mol. The van der Waals surface area contributed by atoms with Crippen molar-refractivity contribution in [1.29, 1.82) is 0 Å². The Bertz CT molecular complexity index is 353. The van der Waals surface area contributed by atoms with E-state index in [1.54, 1.807) is 0 Å². The maximum Gasteiger partial charge on any atom is 0.234 e. The molecule has 0 bridgehead atoms. The summed E-state index contributed by atoms with van der Waals surface area (Å²) in [6.45, 7) is 0. The Labute approximate surface area is 73.8 Å². The quantitative estimate of drug-likeness (QED) is 0.554. The van der Waals surface area contributed by atoms with Crippen LogP contribution in [0.4, 0.5) is 0 Å². The molecule has 0 radical (unpaired) electrons. The summed E-state index contributed by atoms with van der Waals surface area (Å²) in [6, 6.07) is 0. The minimum atomic E-state index is -1.13. The van der Waals surface area contributed by atoms with E-state index in [9.17, 15) is 0 Å². The van der Waals surface area contributed by atoms with Crippen molar-refractivity contribution in [3.05, 3.63) is 0 Å². The zero-order valence-electron chi connectivity index (χ0n) is 6.01. The van der Waals surface area contributed by atoms with E-state index >= 15 is 0 Å². The van der Waals surface area contributed by atoms with Crippen LogP contribution in [-0.4, -0.2) is 35.3 Å². The number of fused-ring (bicyclic) bond motifs is 1. The molecule has 2 heterocycles. The summed E-state index contributed by atoms with van der Waals surface area (Å²) in [5.74, 6) is -0.639. The Hall–Kier alpha value is -1.27. The number of aliphatic imine (C=N–C) groups is 4. The molecular weight excluding hydrogens is 174 g/mol. The van der Waals surface area contributed by atoms with Gasteiger partial charge in [-0.1, -0.05) is 12.2 Å². The van der Waals surface area contributed by atoms with Crippen molar-refractivity contribution >= 4 is 41.7 Å². The number of nitrogens with zero attached hydrogens (tertiary/aromatic N) is 4. The summed E-state index contributed by atoms with van der Waals surface area (Å²) >= 11 is 4.68. The molecule has 0 aromatic carbocycles. The molecule has 0 spiro atoms. The van der Waals surface area contributed by atoms with E-state index in [4.69, 9.17) is 5.73 Å². The molecule has 12 heavy (non-hydrogen) atoms. The number of rotatable bonds is 1. The third-order valence-corrected chi connectivity index (χ3v) is 1.80. The Morgan fingerprint density at radius 2 is 2.42 bits per heavy atom. The lowest BCUT2D eigenvalue weighted by Gasteiger charge is -2.17. The standard InChI is InChI=1S/C6H5N5S/c7-6(2-12)10-1-4-5(11-6)9-3-8-4/h1-3H,7H2. The van der Waals surface area contributed by atoms with Crippen molar-refractivity contribution in [3.8, 4) is 0 Å². The van der Waals surface area contributed by atoms with Crippen LogP contribution in [0.15, 0.2) is 20.0 Å². The molecule has 5 nitrogen and oxygen atoms in total. The molecule has 1 unspecified atom stereocenters. The maximum atomic E-state index is 5.64. The number of amidine groups is 1. The van der Waals surface area contributed by atoms with Crippen molar-refractivity contribution in [2.24, 2.45) is 25.7 Å². The minimum absolute atomic E-state index is 0.494. The second-order valence-electron chi connectivity index (χ2n) is 2.35. The van der Waals surface area contributed by atoms with Crippen LogP contribution >= 0.6 is 12.2 Å². The fourth-order valence-electron chi connectivity index (χ4n) is 0.867. The minimum Gasteiger partial charge on any atom is -0.284 e. The first-order valence-electron chi connectivity index (χ1n) is 3.24. The van der Waals surface area contributed by atoms with Crippen molar-refractivity contribution in [3.63, 3.8) is 0 Å². The Morgan fingerprint density at radius 1 is 1.58 bits per heavy atom. The lowest BCUT2D eigenvalue weighted by molar-refractivity contribution is 0.654. The highest BCUT2D eigenvalue weighted by Crippen LogP contribution is 2.09. The van der Waals surface area contributed by atoms with Gasteiger partial charge in [-0.2, -0.15) is 0 Å². The molecule has 2 aliphatic rings. The van der Waals surface area contributed by atoms with Gasteiger partial charge in [0, 0.05) is 5.37 Å². The van der Waals surface area contributed by atoms with Gasteiger partial charge < -0.3 is 0 Å². The first kappa shape index (κ1) is 7.38. The number of hydrogen-bond acceptors (Lipinski definition) is 6. The second kappa shape index (κ2) is 2.36. The molecule has 60 valence electrons. The van der Waals surface area contributed by atoms with Crippen LogP contribution in [0.25, 0.3) is 0 Å². The average molecular weight is 179 g/mol. The van der Waals surface area contributed by atoms with Gasteiger partial charge in [-0.05, 0) is 0 Å². The van der Waals surface area contributed by atoms with E-state index in [0.717, 1.165) is 0 Å². The van der Waals surface area contributed by atoms with Crippen LogP contribution < -0.4 is 5.73 Å². The molecular formula is C6H5N5S. The number of hydrogen-bond donors (Lipinski definition) is 1. The predicted molar refractivity (Wildman–Crippen MR) is 52.4 cm³/mol. The van der Waals surface area contributed by atoms with Crippen LogP contribution in [0.5, 0.6) is 0 Å². The first-order valence-corrected chi connectivity index (χ1v) is 3.72. The van der Waals surface area contributed by atoms with Gasteiger partial charge in [-0.3, -0.25) is 5.73 Å². The lowest BCUT2D eigenvalue weighted by atomic mass is 10.3. The van der Waals surface area contributed by atoms with Crippen molar-refractivity contribution in [2.75, 3.05) is 0 Å². The van der Waals surface area contributed by atoms with E-state index in [2.05, 4.69) is 32.2 Å². The molecule has 0 amide bonds. The topological polar surface area (TPSA) is 75.5 Å². The second-order valence-corrected chi connectivity index (χ2v) is 2.59. The highest BCUT2D eigenvalue weighted by molar-refractivity contribution is 7.79. The first-order chi connectivity index (χ1) is 5.73. The zero-order chi connectivity index (χ0) is 8.60. The van der Waals surface area contributed by atoms with E-state index < -0.39 is 5.79 Å². The van der Waals surface area contributed by atoms with Crippen molar-refractivity contribution in [1.82, 2.24) is 0 Å². The van der Waals surface area contributed by atoms with Gasteiger partial charge >= 0.3 is 0 Å². The van der Waals surface area contributed by atoms with Crippen molar-refractivity contribution < 1.29 is 0 Å². The van der Waals surface area contributed by atoms with E-state index in [1.165, 1.54) is 17.9 Å². The fourth-order valence-corrected chi connectivity index (χ4v) is 0.980. The van der Waals surface area contributed by atoms with Gasteiger partial charge in [0.2, 0.25) is 5.79 Å². The van der Waals surface area contributed by atoms with Gasteiger partial charge in [0.1, 0.15) is 12.1 Å². The summed E-state index contributed by atoms with van der Waals surface area (Å²) in [5, 5.41) is 1.29. The molecule has 0 aromatic heterocycles. The SMILES string of the molecule is NC1(C=S)N=CC2=NC=NC2=N1. The molecule has 2 rings (SSSR count). The summed E-state index contributed by atoms with van der Waals surface area (Å²) in [5.41, 5.74) is 6.27. The van der Waals surface area contributed by atoms with Gasteiger partial charge in [-0.15, -0.1) is 0 Å². The largest absolute Gasteiger partial charge is 0.284 e. The van der Waals surface area contributed by atoms with E-state index in [1.807, 2.05) is 0 Å². The molecule has 1 atom stereocenters. The third kappa shape index (κ3) is 1.01. The normalized spacial score (nSPS) is 31.1. The predicted octanol–water partition coefficient (Wildman–Crippen LogP) is -0.436. The number of thiocarbonyl (C=S) groups is 1. The summed E-state index contributed by atoms with van der Waals surface area (Å²) in [7, 11) is 0. The van der Waals surface area contributed by atoms with E-state index in [0.29, 0.717) is 11.5 Å². The smallest absolute Gasteiger partial charge is 0.234 e. The lowest BCUT2D eigenvalue weighted by Crippen LogP contribution is -2.41. The molecule has 2 N–H and O–H groups in total. The molecule has 0 saturated heterocycles. The number of nitrogens with two attached hydrogens (primary N) is 1. The Balaban J connectivity index is 2.45. The van der Waals surface area contributed by atoms with Gasteiger partial charge in [-0.25, -0.2) is 20.0 Å². The maximum absolute atomic E-state index is 5.64. The molecule has 0 saturated carbocycles. The molecule has 0 aromatic rings. The van der Waals surface area contributed by atoms with Crippen LogP contribution in [0, 0.1) is 0 Å². The summed E-state index contributed by atoms with van der Waals surface area (Å²) in [4.78, 5) is 15.7. The summed E-state index contributed by atoms with van der Waals surface area (Å²) < 4.78 is 0. The highest BCUT2D eigenvalue weighted by atomic mass is 32.1. The van der Waals surface area contributed by atoms with Gasteiger partial charge in [0.25, 0.3) is 0 Å². The third-order valence-electron chi connectivity index (χ3n) is 1.46. The average Bonchev–Trinajstić information content (AvgIpc) is 2.51. The molecule has 6 heteroatoms. The fraction of sp³-hybridized carbons (Fsp3) is 0.167. The van der Waals surface area contributed by atoms with Gasteiger partial charge in [0.05, 0.1) is 6.21 Å². The van der Waals surface area contributed by atoms with E-state index in [-0.39, 0.29) is 0 Å². The molecule has 0 fully saturated rings. The summed E-state index contributed by atoms with van der Waals surface area (Å²) in [6.07, 6.45) is 2.94. The Kier molecular flexibility index (Phi) is 1.45. The van der Waals surface area contributed by atoms with Crippen LogP contribution in [0.2, 0.25) is 0 Å².